The molecule has 31 heavy (non-hydrogen) atoms. The van der Waals surface area contributed by atoms with Crippen molar-refractivity contribution < 1.29 is 14.6 Å². The summed E-state index contributed by atoms with van der Waals surface area (Å²) in [5.41, 5.74) is 4.83. The highest BCUT2D eigenvalue weighted by molar-refractivity contribution is 5.94. The Balaban J connectivity index is 1.94. The number of carbonyl (C=O) groups is 1. The van der Waals surface area contributed by atoms with Crippen molar-refractivity contribution in [1.82, 2.24) is 14.8 Å². The maximum atomic E-state index is 11.9. The fraction of sp³-hybridized carbons (Fsp3) is 0.125. The number of hydrogen-bond acceptors (Lipinski definition) is 5. The SMILES string of the molecule is COc1ccc(Nc2c(-c3ccccc3)c(C)nn2-c2ccccc2C)c(C(=O)O)n1. The summed E-state index contributed by atoms with van der Waals surface area (Å²) < 4.78 is 6.90. The molecule has 0 fully saturated rings. The molecular weight excluding hydrogens is 392 g/mol. The summed E-state index contributed by atoms with van der Waals surface area (Å²) in [6.07, 6.45) is 0. The number of para-hydroxylation sites is 1. The van der Waals surface area contributed by atoms with Crippen LogP contribution in [0.2, 0.25) is 0 Å². The molecule has 0 spiro atoms. The minimum atomic E-state index is -1.15. The van der Waals surface area contributed by atoms with Crippen molar-refractivity contribution in [3.63, 3.8) is 0 Å². The Bertz CT molecular complexity index is 1250. The first-order valence-corrected chi connectivity index (χ1v) is 9.76. The van der Waals surface area contributed by atoms with Crippen molar-refractivity contribution in [2.75, 3.05) is 12.4 Å². The summed E-state index contributed by atoms with van der Waals surface area (Å²) in [5, 5.41) is 17.8. The lowest BCUT2D eigenvalue weighted by atomic mass is 10.1. The summed E-state index contributed by atoms with van der Waals surface area (Å²) in [6.45, 7) is 3.95. The molecule has 0 amide bonds. The van der Waals surface area contributed by atoms with Gasteiger partial charge in [-0.2, -0.15) is 5.10 Å². The van der Waals surface area contributed by atoms with Crippen LogP contribution in [-0.2, 0) is 0 Å². The number of aryl methyl sites for hydroxylation is 2. The van der Waals surface area contributed by atoms with E-state index in [-0.39, 0.29) is 11.6 Å². The number of carboxylic acid groups (broad SMARTS) is 1. The maximum absolute atomic E-state index is 11.9. The molecule has 2 aromatic heterocycles. The standard InChI is InChI=1S/C24H22N4O3/c1-15-9-7-8-12-19(15)28-23(21(16(2)27-28)17-10-5-4-6-11-17)25-18-13-14-20(31-3)26-22(18)24(29)30/h4-14,25H,1-3H3,(H,29,30). The molecule has 0 saturated carbocycles. The zero-order valence-corrected chi connectivity index (χ0v) is 17.5. The number of anilines is 2. The molecule has 7 nitrogen and oxygen atoms in total. The number of ether oxygens (including phenoxy) is 1. The van der Waals surface area contributed by atoms with Gasteiger partial charge in [-0.25, -0.2) is 14.5 Å². The van der Waals surface area contributed by atoms with Gasteiger partial charge in [0.15, 0.2) is 5.69 Å². The topological polar surface area (TPSA) is 89.3 Å². The number of carboxylic acids is 1. The Morgan fingerprint density at radius 1 is 1.00 bits per heavy atom. The van der Waals surface area contributed by atoms with Gasteiger partial charge in [-0.3, -0.25) is 0 Å². The van der Waals surface area contributed by atoms with Gasteiger partial charge in [0.25, 0.3) is 0 Å². The van der Waals surface area contributed by atoms with Gasteiger partial charge < -0.3 is 15.2 Å². The van der Waals surface area contributed by atoms with Crippen molar-refractivity contribution in [3.8, 4) is 22.7 Å². The van der Waals surface area contributed by atoms with Crippen molar-refractivity contribution >= 4 is 17.5 Å². The summed E-state index contributed by atoms with van der Waals surface area (Å²) in [5.74, 6) is -0.261. The first-order valence-electron chi connectivity index (χ1n) is 9.76. The molecule has 0 radical (unpaired) electrons. The molecule has 156 valence electrons. The minimum Gasteiger partial charge on any atom is -0.481 e. The van der Waals surface area contributed by atoms with Crippen LogP contribution in [0, 0.1) is 13.8 Å². The quantitative estimate of drug-likeness (QED) is 0.461. The zero-order chi connectivity index (χ0) is 22.0. The van der Waals surface area contributed by atoms with Crippen molar-refractivity contribution in [3.05, 3.63) is 83.7 Å². The van der Waals surface area contributed by atoms with Crippen LogP contribution >= 0.6 is 0 Å². The van der Waals surface area contributed by atoms with Gasteiger partial charge in [0, 0.05) is 11.6 Å². The lowest BCUT2D eigenvalue weighted by Crippen LogP contribution is -2.10. The van der Waals surface area contributed by atoms with Gasteiger partial charge in [-0.15, -0.1) is 0 Å². The number of aromatic nitrogens is 3. The molecule has 2 N–H and O–H groups in total. The third-order valence-electron chi connectivity index (χ3n) is 5.00. The van der Waals surface area contributed by atoms with Crippen molar-refractivity contribution in [1.29, 1.82) is 0 Å². The van der Waals surface area contributed by atoms with E-state index in [2.05, 4.69) is 10.3 Å². The minimum absolute atomic E-state index is 0.131. The normalized spacial score (nSPS) is 10.7. The third-order valence-corrected chi connectivity index (χ3v) is 5.00. The lowest BCUT2D eigenvalue weighted by Gasteiger charge is -2.15. The first kappa shape index (κ1) is 20.2. The smallest absolute Gasteiger partial charge is 0.356 e. The molecule has 2 heterocycles. The number of pyridine rings is 1. The molecule has 0 aliphatic carbocycles. The number of rotatable bonds is 6. The summed E-state index contributed by atoms with van der Waals surface area (Å²) >= 11 is 0. The van der Waals surface area contributed by atoms with Gasteiger partial charge in [0.1, 0.15) is 5.82 Å². The van der Waals surface area contributed by atoms with Gasteiger partial charge in [-0.05, 0) is 37.1 Å². The second kappa shape index (κ2) is 8.31. The lowest BCUT2D eigenvalue weighted by molar-refractivity contribution is 0.0690. The van der Waals surface area contributed by atoms with E-state index >= 15 is 0 Å². The highest BCUT2D eigenvalue weighted by Crippen LogP contribution is 2.36. The van der Waals surface area contributed by atoms with Crippen LogP contribution in [0.5, 0.6) is 5.88 Å². The number of nitrogens with one attached hydrogen (secondary N) is 1. The Morgan fingerprint density at radius 2 is 1.71 bits per heavy atom. The highest BCUT2D eigenvalue weighted by atomic mass is 16.5. The van der Waals surface area contributed by atoms with Crippen LogP contribution in [-0.4, -0.2) is 33.0 Å². The predicted molar refractivity (Wildman–Crippen MR) is 120 cm³/mol. The summed E-state index contributed by atoms with van der Waals surface area (Å²) in [6, 6.07) is 21.0. The molecule has 0 aliphatic rings. The summed E-state index contributed by atoms with van der Waals surface area (Å²) in [4.78, 5) is 16.0. The predicted octanol–water partition coefficient (Wildman–Crippen LogP) is 5.00. The number of hydrogen-bond donors (Lipinski definition) is 2. The van der Waals surface area contributed by atoms with Gasteiger partial charge in [-0.1, -0.05) is 48.5 Å². The number of benzene rings is 2. The van der Waals surface area contributed by atoms with E-state index in [4.69, 9.17) is 9.84 Å². The molecule has 0 saturated heterocycles. The molecule has 0 bridgehead atoms. The van der Waals surface area contributed by atoms with Crippen molar-refractivity contribution in [2.45, 2.75) is 13.8 Å². The van der Waals surface area contributed by atoms with Gasteiger partial charge >= 0.3 is 5.97 Å². The zero-order valence-electron chi connectivity index (χ0n) is 17.5. The molecule has 4 aromatic rings. The number of methoxy groups -OCH3 is 1. The number of nitrogens with zero attached hydrogens (tertiary/aromatic N) is 3. The largest absolute Gasteiger partial charge is 0.481 e. The molecule has 4 rings (SSSR count). The van der Waals surface area contributed by atoms with Crippen LogP contribution in [0.3, 0.4) is 0 Å². The molecule has 0 unspecified atom stereocenters. The van der Waals surface area contributed by atoms with E-state index in [1.54, 1.807) is 12.1 Å². The average molecular weight is 414 g/mol. The van der Waals surface area contributed by atoms with Crippen molar-refractivity contribution in [2.24, 2.45) is 0 Å². The van der Waals surface area contributed by atoms with Gasteiger partial charge in [0.05, 0.1) is 24.2 Å². The first-order chi connectivity index (χ1) is 15.0. The fourth-order valence-electron chi connectivity index (χ4n) is 3.51. The molecule has 7 heteroatoms. The van der Waals surface area contributed by atoms with Crippen LogP contribution < -0.4 is 10.1 Å². The Labute approximate surface area is 180 Å². The Kier molecular flexibility index (Phi) is 5.41. The second-order valence-electron chi connectivity index (χ2n) is 7.05. The van der Waals surface area contributed by atoms with Gasteiger partial charge in [0.2, 0.25) is 5.88 Å². The van der Waals surface area contributed by atoms with E-state index in [1.165, 1.54) is 7.11 Å². The monoisotopic (exact) mass is 414 g/mol. The molecule has 0 atom stereocenters. The second-order valence-corrected chi connectivity index (χ2v) is 7.05. The van der Waals surface area contributed by atoms with E-state index in [9.17, 15) is 9.90 Å². The van der Waals surface area contributed by atoms with E-state index in [0.29, 0.717) is 11.5 Å². The Hall–Kier alpha value is -4.13. The highest BCUT2D eigenvalue weighted by Gasteiger charge is 2.22. The summed E-state index contributed by atoms with van der Waals surface area (Å²) in [7, 11) is 1.45. The van der Waals surface area contributed by atoms with Crippen LogP contribution in [0.15, 0.2) is 66.7 Å². The molecule has 0 aliphatic heterocycles. The van der Waals surface area contributed by atoms with E-state index in [0.717, 1.165) is 28.1 Å². The number of aromatic carboxylic acids is 1. The maximum Gasteiger partial charge on any atom is 0.356 e. The Morgan fingerprint density at radius 3 is 2.39 bits per heavy atom. The van der Waals surface area contributed by atoms with Crippen LogP contribution in [0.4, 0.5) is 11.5 Å². The van der Waals surface area contributed by atoms with Crippen LogP contribution in [0.1, 0.15) is 21.7 Å². The molecule has 2 aromatic carbocycles. The van der Waals surface area contributed by atoms with E-state index in [1.807, 2.05) is 73.1 Å². The van der Waals surface area contributed by atoms with Crippen LogP contribution in [0.25, 0.3) is 16.8 Å². The third kappa shape index (κ3) is 3.85. The average Bonchev–Trinajstić information content (AvgIpc) is 3.10. The molecular formula is C24H22N4O3. The fourth-order valence-corrected chi connectivity index (χ4v) is 3.51. The van der Waals surface area contributed by atoms with E-state index < -0.39 is 5.97 Å².